The van der Waals surface area contributed by atoms with Crippen molar-refractivity contribution in [2.24, 2.45) is 0 Å². The van der Waals surface area contributed by atoms with Gasteiger partial charge in [0.05, 0.1) is 24.3 Å². The van der Waals surface area contributed by atoms with E-state index in [0.717, 1.165) is 11.1 Å². The Labute approximate surface area is 155 Å². The number of halogens is 1. The maximum atomic E-state index is 13.8. The topological polar surface area (TPSA) is 63.5 Å². The minimum atomic E-state index is -0.307. The van der Waals surface area contributed by atoms with E-state index in [1.165, 1.54) is 12.1 Å². The van der Waals surface area contributed by atoms with Gasteiger partial charge in [-0.15, -0.1) is 0 Å². The molecule has 1 aliphatic heterocycles. The van der Waals surface area contributed by atoms with Crippen molar-refractivity contribution < 1.29 is 9.13 Å². The molecule has 0 radical (unpaired) electrons. The number of anilines is 1. The Kier molecular flexibility index (Phi) is 4.20. The van der Waals surface area contributed by atoms with Crippen molar-refractivity contribution in [1.29, 1.82) is 0 Å². The molecule has 134 valence electrons. The molecule has 1 aliphatic rings. The lowest BCUT2D eigenvalue weighted by atomic mass is 10.1. The van der Waals surface area contributed by atoms with Crippen LogP contribution in [0.4, 0.5) is 10.2 Å². The third-order valence-corrected chi connectivity index (χ3v) is 4.66. The van der Waals surface area contributed by atoms with Gasteiger partial charge < -0.3 is 15.4 Å². The number of aromatic nitrogens is 3. The number of thiocarbonyl (C=S) groups is 1. The zero-order chi connectivity index (χ0) is 18.3. The van der Waals surface area contributed by atoms with Crippen LogP contribution in [0.1, 0.15) is 31.0 Å². The van der Waals surface area contributed by atoms with E-state index in [9.17, 15) is 4.39 Å². The van der Waals surface area contributed by atoms with Crippen LogP contribution in [0.5, 0.6) is 5.75 Å². The van der Waals surface area contributed by atoms with E-state index >= 15 is 0 Å². The molecule has 0 spiro atoms. The summed E-state index contributed by atoms with van der Waals surface area (Å²) in [7, 11) is 0. The molecule has 1 aromatic carbocycles. The molecule has 0 fully saturated rings. The summed E-state index contributed by atoms with van der Waals surface area (Å²) in [5, 5.41) is 10.8. The molecule has 26 heavy (non-hydrogen) atoms. The number of nitrogens with one attached hydrogen (secondary N) is 2. The maximum Gasteiger partial charge on any atom is 0.167 e. The molecule has 2 bridgehead atoms. The second kappa shape index (κ2) is 6.53. The number of fused-ring (bicyclic) bond motifs is 2. The van der Waals surface area contributed by atoms with E-state index in [0.29, 0.717) is 28.7 Å². The van der Waals surface area contributed by atoms with Crippen LogP contribution in [0.15, 0.2) is 36.7 Å². The van der Waals surface area contributed by atoms with Gasteiger partial charge in [-0.2, -0.15) is 5.10 Å². The average molecular weight is 371 g/mol. The summed E-state index contributed by atoms with van der Waals surface area (Å²) in [6, 6.07) is 6.16. The number of rotatable bonds is 0. The Morgan fingerprint density at radius 3 is 3.00 bits per heavy atom. The van der Waals surface area contributed by atoms with Crippen molar-refractivity contribution in [2.75, 3.05) is 11.9 Å². The molecule has 2 N–H and O–H groups in total. The van der Waals surface area contributed by atoms with Crippen molar-refractivity contribution in [3.8, 4) is 5.75 Å². The lowest BCUT2D eigenvalue weighted by Gasteiger charge is -2.22. The highest BCUT2D eigenvalue weighted by Crippen LogP contribution is 2.29. The Balaban J connectivity index is 1.82. The highest BCUT2D eigenvalue weighted by atomic mass is 32.1. The fraction of sp³-hybridized carbons (Fsp3) is 0.278. The molecular formula is C18H18FN5OS. The number of hydrogen-bond donors (Lipinski definition) is 2. The lowest BCUT2D eigenvalue weighted by Crippen LogP contribution is -2.33. The van der Waals surface area contributed by atoms with Gasteiger partial charge in [0.2, 0.25) is 0 Å². The van der Waals surface area contributed by atoms with Gasteiger partial charge in [0.15, 0.2) is 5.65 Å². The Morgan fingerprint density at radius 2 is 2.15 bits per heavy atom. The average Bonchev–Trinajstić information content (AvgIpc) is 3.03. The zero-order valence-corrected chi connectivity index (χ0v) is 15.2. The van der Waals surface area contributed by atoms with Gasteiger partial charge in [0.1, 0.15) is 28.5 Å². The lowest BCUT2D eigenvalue weighted by molar-refractivity contribution is 0.221. The standard InChI is InChI=1S/C18H18FN5OS/c1-10-8-20-18(26)14-9-21-24-6-5-16(23-17(14)24)22-11(2)13-7-12(19)3-4-15(13)25-10/h3-7,9-11H,8H2,1-2H3,(H,20,26)(H,22,23)/t10-,11+/m0/s1. The second-order valence-electron chi connectivity index (χ2n) is 6.33. The van der Waals surface area contributed by atoms with E-state index in [1.54, 1.807) is 16.8 Å². The third kappa shape index (κ3) is 3.08. The number of hydrogen-bond acceptors (Lipinski definition) is 5. The van der Waals surface area contributed by atoms with E-state index < -0.39 is 0 Å². The normalized spacial score (nSPS) is 20.2. The second-order valence-corrected chi connectivity index (χ2v) is 6.73. The third-order valence-electron chi connectivity index (χ3n) is 4.29. The molecule has 3 aromatic rings. The van der Waals surface area contributed by atoms with Gasteiger partial charge in [-0.3, -0.25) is 0 Å². The van der Waals surface area contributed by atoms with Gasteiger partial charge in [-0.1, -0.05) is 12.2 Å². The maximum absolute atomic E-state index is 13.8. The van der Waals surface area contributed by atoms with Gasteiger partial charge >= 0.3 is 0 Å². The summed E-state index contributed by atoms with van der Waals surface area (Å²) in [6.07, 6.45) is 3.35. The molecule has 8 heteroatoms. The van der Waals surface area contributed by atoms with E-state index in [4.69, 9.17) is 17.0 Å². The molecule has 2 aromatic heterocycles. The van der Waals surface area contributed by atoms with Gasteiger partial charge in [-0.25, -0.2) is 13.9 Å². The minimum absolute atomic E-state index is 0.160. The van der Waals surface area contributed by atoms with Crippen LogP contribution in [0.25, 0.3) is 5.65 Å². The van der Waals surface area contributed by atoms with Crippen molar-refractivity contribution in [2.45, 2.75) is 26.0 Å². The van der Waals surface area contributed by atoms with Gasteiger partial charge in [-0.05, 0) is 38.1 Å². The molecule has 0 unspecified atom stereocenters. The minimum Gasteiger partial charge on any atom is -0.489 e. The molecule has 6 nitrogen and oxygen atoms in total. The monoisotopic (exact) mass is 371 g/mol. The molecule has 4 rings (SSSR count). The summed E-state index contributed by atoms with van der Waals surface area (Å²) in [6.45, 7) is 4.39. The molecule has 0 aliphatic carbocycles. The van der Waals surface area contributed by atoms with Gasteiger partial charge in [0.25, 0.3) is 0 Å². The summed E-state index contributed by atoms with van der Waals surface area (Å²) < 4.78 is 21.5. The highest BCUT2D eigenvalue weighted by molar-refractivity contribution is 7.80. The summed E-state index contributed by atoms with van der Waals surface area (Å²) in [5.41, 5.74) is 2.15. The van der Waals surface area contributed by atoms with Crippen molar-refractivity contribution in [3.63, 3.8) is 0 Å². The number of nitrogens with zero attached hydrogens (tertiary/aromatic N) is 3. The summed E-state index contributed by atoms with van der Waals surface area (Å²) in [5.74, 6) is 0.978. The fourth-order valence-corrected chi connectivity index (χ4v) is 3.19. The van der Waals surface area contributed by atoms with Crippen LogP contribution in [0.3, 0.4) is 0 Å². The van der Waals surface area contributed by atoms with E-state index in [-0.39, 0.29) is 18.0 Å². The Morgan fingerprint density at radius 1 is 1.31 bits per heavy atom. The first-order chi connectivity index (χ1) is 12.5. The molecule has 0 saturated heterocycles. The van der Waals surface area contributed by atoms with Crippen LogP contribution in [-0.2, 0) is 0 Å². The largest absolute Gasteiger partial charge is 0.489 e. The first-order valence-electron chi connectivity index (χ1n) is 8.36. The smallest absolute Gasteiger partial charge is 0.167 e. The predicted octanol–water partition coefficient (Wildman–Crippen LogP) is 3.09. The number of benzene rings is 1. The molecule has 3 heterocycles. The SMILES string of the molecule is C[C@H]1CNC(=S)c2cnn3ccc(nc23)N[C@H](C)c2cc(F)ccc2O1. The molecule has 0 saturated carbocycles. The van der Waals surface area contributed by atoms with Crippen molar-refractivity contribution in [1.82, 2.24) is 19.9 Å². The van der Waals surface area contributed by atoms with E-state index in [2.05, 4.69) is 20.7 Å². The quantitative estimate of drug-likeness (QED) is 0.592. The fourth-order valence-electron chi connectivity index (χ4n) is 2.96. The first-order valence-corrected chi connectivity index (χ1v) is 8.77. The van der Waals surface area contributed by atoms with Crippen LogP contribution in [0, 0.1) is 5.82 Å². The van der Waals surface area contributed by atoms with Crippen LogP contribution >= 0.6 is 12.2 Å². The van der Waals surface area contributed by atoms with Crippen molar-refractivity contribution >= 4 is 28.7 Å². The van der Waals surface area contributed by atoms with Crippen LogP contribution in [-0.4, -0.2) is 32.2 Å². The van der Waals surface area contributed by atoms with E-state index in [1.807, 2.05) is 26.1 Å². The zero-order valence-electron chi connectivity index (χ0n) is 14.4. The van der Waals surface area contributed by atoms with Crippen LogP contribution < -0.4 is 15.4 Å². The molecule has 0 amide bonds. The summed E-state index contributed by atoms with van der Waals surface area (Å²) in [4.78, 5) is 5.18. The van der Waals surface area contributed by atoms with Gasteiger partial charge in [0, 0.05) is 11.8 Å². The highest BCUT2D eigenvalue weighted by Gasteiger charge is 2.19. The van der Waals surface area contributed by atoms with Crippen LogP contribution in [0.2, 0.25) is 0 Å². The Bertz CT molecular complexity index is 989. The summed E-state index contributed by atoms with van der Waals surface area (Å²) >= 11 is 5.49. The number of ether oxygens (including phenoxy) is 1. The molecule has 2 atom stereocenters. The predicted molar refractivity (Wildman–Crippen MR) is 101 cm³/mol. The Hall–Kier alpha value is -2.74. The first kappa shape index (κ1) is 16.7. The van der Waals surface area contributed by atoms with Crippen molar-refractivity contribution in [3.05, 3.63) is 53.6 Å². The molecular weight excluding hydrogens is 353 g/mol.